The normalized spacial score (nSPS) is 18.4. The number of halogens is 1. The van der Waals surface area contributed by atoms with Gasteiger partial charge in [0.1, 0.15) is 0 Å². The van der Waals surface area contributed by atoms with Gasteiger partial charge in [-0.05, 0) is 49.9 Å². The largest absolute Gasteiger partial charge is 0.302 e. The summed E-state index contributed by atoms with van der Waals surface area (Å²) in [5.41, 5.74) is 1.24. The minimum atomic E-state index is 0.888. The second-order valence-electron chi connectivity index (χ2n) is 5.14. The smallest absolute Gasteiger partial charge is 0.0451 e. The number of hydrogen-bond acceptors (Lipinski definition) is 3. The van der Waals surface area contributed by atoms with Crippen LogP contribution in [0.25, 0.3) is 0 Å². The Bertz CT molecular complexity index is 386. The van der Waals surface area contributed by atoms with Crippen LogP contribution in [-0.2, 0) is 6.54 Å². The second kappa shape index (κ2) is 8.15. The molecule has 0 atom stereocenters. The minimum absolute atomic E-state index is 0.888. The topological polar surface area (TPSA) is 6.48 Å². The van der Waals surface area contributed by atoms with Crippen LogP contribution in [0.4, 0.5) is 0 Å². The van der Waals surface area contributed by atoms with Crippen LogP contribution in [0.5, 0.6) is 0 Å². The average molecular weight is 299 g/mol. The lowest BCUT2D eigenvalue weighted by atomic mass is 10.2. The van der Waals surface area contributed by atoms with Gasteiger partial charge in [0.05, 0.1) is 0 Å². The van der Waals surface area contributed by atoms with Gasteiger partial charge in [0, 0.05) is 24.7 Å². The number of benzene rings is 1. The maximum atomic E-state index is 6.24. The predicted octanol–water partition coefficient (Wildman–Crippen LogP) is 3.17. The molecule has 1 aliphatic heterocycles. The summed E-state index contributed by atoms with van der Waals surface area (Å²) in [5.74, 6) is 0.986. The van der Waals surface area contributed by atoms with Crippen LogP contribution >= 0.6 is 24.2 Å². The zero-order valence-electron chi connectivity index (χ0n) is 11.4. The monoisotopic (exact) mass is 298 g/mol. The SMILES string of the molecule is SCCCN1CCCN(Cc2ccccc2Cl)CC1. The lowest BCUT2D eigenvalue weighted by Gasteiger charge is -2.22. The van der Waals surface area contributed by atoms with Crippen LogP contribution in [0.2, 0.25) is 5.02 Å². The zero-order chi connectivity index (χ0) is 13.5. The molecular formula is C15H23ClN2S. The highest BCUT2D eigenvalue weighted by atomic mass is 35.5. The summed E-state index contributed by atoms with van der Waals surface area (Å²) in [6, 6.07) is 8.17. The van der Waals surface area contributed by atoms with Gasteiger partial charge in [0.15, 0.2) is 0 Å². The first-order valence-electron chi connectivity index (χ1n) is 7.08. The maximum Gasteiger partial charge on any atom is 0.0451 e. The molecule has 0 aromatic heterocycles. The molecule has 0 radical (unpaired) electrons. The molecule has 0 N–H and O–H groups in total. The number of rotatable bonds is 5. The molecule has 19 heavy (non-hydrogen) atoms. The third kappa shape index (κ3) is 4.99. The molecule has 4 heteroatoms. The Morgan fingerprint density at radius 1 is 1.05 bits per heavy atom. The highest BCUT2D eigenvalue weighted by Crippen LogP contribution is 2.18. The van der Waals surface area contributed by atoms with Crippen molar-refractivity contribution in [3.63, 3.8) is 0 Å². The molecule has 1 saturated heterocycles. The van der Waals surface area contributed by atoms with E-state index in [1.165, 1.54) is 38.0 Å². The molecule has 2 nitrogen and oxygen atoms in total. The molecular weight excluding hydrogens is 276 g/mol. The molecule has 0 bridgehead atoms. The predicted molar refractivity (Wildman–Crippen MR) is 86.3 cm³/mol. The summed E-state index contributed by atoms with van der Waals surface area (Å²) in [6.07, 6.45) is 2.44. The van der Waals surface area contributed by atoms with Crippen molar-refractivity contribution < 1.29 is 0 Å². The fraction of sp³-hybridized carbons (Fsp3) is 0.600. The Morgan fingerprint density at radius 2 is 1.79 bits per heavy atom. The molecule has 1 aromatic carbocycles. The van der Waals surface area contributed by atoms with Crippen LogP contribution in [0.3, 0.4) is 0 Å². The average Bonchev–Trinajstić information content (AvgIpc) is 2.64. The van der Waals surface area contributed by atoms with E-state index in [1.807, 2.05) is 12.1 Å². The Morgan fingerprint density at radius 3 is 2.58 bits per heavy atom. The molecule has 1 aromatic rings. The van der Waals surface area contributed by atoms with Gasteiger partial charge in [-0.2, -0.15) is 12.6 Å². The summed E-state index contributed by atoms with van der Waals surface area (Å²) in [6.45, 7) is 6.84. The third-order valence-corrected chi connectivity index (χ3v) is 4.35. The van der Waals surface area contributed by atoms with Crippen molar-refractivity contribution in [2.75, 3.05) is 38.5 Å². The Balaban J connectivity index is 1.84. The highest BCUT2D eigenvalue weighted by molar-refractivity contribution is 7.80. The van der Waals surface area contributed by atoms with Gasteiger partial charge >= 0.3 is 0 Å². The number of hydrogen-bond donors (Lipinski definition) is 1. The second-order valence-corrected chi connectivity index (χ2v) is 5.99. The third-order valence-electron chi connectivity index (χ3n) is 3.67. The summed E-state index contributed by atoms with van der Waals surface area (Å²) in [5, 5.41) is 0.888. The van der Waals surface area contributed by atoms with Gasteiger partial charge in [-0.25, -0.2) is 0 Å². The number of nitrogens with zero attached hydrogens (tertiary/aromatic N) is 2. The zero-order valence-corrected chi connectivity index (χ0v) is 13.0. The van der Waals surface area contributed by atoms with E-state index in [2.05, 4.69) is 34.6 Å². The Kier molecular flexibility index (Phi) is 6.51. The van der Waals surface area contributed by atoms with E-state index in [0.29, 0.717) is 0 Å². The van der Waals surface area contributed by atoms with Crippen molar-refractivity contribution in [1.82, 2.24) is 9.80 Å². The summed E-state index contributed by atoms with van der Waals surface area (Å²) in [4.78, 5) is 5.07. The van der Waals surface area contributed by atoms with Crippen LogP contribution in [0, 0.1) is 0 Å². The van der Waals surface area contributed by atoms with Crippen LogP contribution in [0.1, 0.15) is 18.4 Å². The lowest BCUT2D eigenvalue weighted by Crippen LogP contribution is -2.31. The van der Waals surface area contributed by atoms with Gasteiger partial charge in [-0.3, -0.25) is 4.90 Å². The molecule has 1 fully saturated rings. The van der Waals surface area contributed by atoms with E-state index in [-0.39, 0.29) is 0 Å². The van der Waals surface area contributed by atoms with Crippen molar-refractivity contribution in [1.29, 1.82) is 0 Å². The van der Waals surface area contributed by atoms with E-state index in [4.69, 9.17) is 11.6 Å². The Labute approximate surface area is 127 Å². The highest BCUT2D eigenvalue weighted by Gasteiger charge is 2.15. The van der Waals surface area contributed by atoms with Gasteiger partial charge in [-0.1, -0.05) is 29.8 Å². The van der Waals surface area contributed by atoms with E-state index < -0.39 is 0 Å². The van der Waals surface area contributed by atoms with E-state index in [0.717, 1.165) is 30.4 Å². The van der Waals surface area contributed by atoms with Crippen LogP contribution in [-0.4, -0.2) is 48.3 Å². The fourth-order valence-corrected chi connectivity index (χ4v) is 2.90. The standard InChI is InChI=1S/C15H23ClN2S/c16-15-6-2-1-5-14(15)13-18-8-3-7-17(10-11-18)9-4-12-19/h1-2,5-6,19H,3-4,7-13H2. The molecule has 0 aliphatic carbocycles. The van der Waals surface area contributed by atoms with Crippen molar-refractivity contribution in [3.05, 3.63) is 34.9 Å². The van der Waals surface area contributed by atoms with Gasteiger partial charge in [0.25, 0.3) is 0 Å². The van der Waals surface area contributed by atoms with Gasteiger partial charge < -0.3 is 4.90 Å². The molecule has 1 aliphatic rings. The minimum Gasteiger partial charge on any atom is -0.302 e. The first-order valence-corrected chi connectivity index (χ1v) is 8.09. The quantitative estimate of drug-likeness (QED) is 0.834. The summed E-state index contributed by atoms with van der Waals surface area (Å²) in [7, 11) is 0. The molecule has 0 spiro atoms. The van der Waals surface area contributed by atoms with Gasteiger partial charge in [-0.15, -0.1) is 0 Å². The summed E-state index contributed by atoms with van der Waals surface area (Å²) < 4.78 is 0. The Hall–Kier alpha value is -0.220. The van der Waals surface area contributed by atoms with E-state index >= 15 is 0 Å². The first-order chi connectivity index (χ1) is 9.29. The first kappa shape index (κ1) is 15.2. The lowest BCUT2D eigenvalue weighted by molar-refractivity contribution is 0.252. The summed E-state index contributed by atoms with van der Waals surface area (Å²) >= 11 is 10.5. The van der Waals surface area contributed by atoms with Crippen LogP contribution < -0.4 is 0 Å². The van der Waals surface area contributed by atoms with E-state index in [1.54, 1.807) is 0 Å². The van der Waals surface area contributed by atoms with Crippen molar-refractivity contribution in [2.24, 2.45) is 0 Å². The van der Waals surface area contributed by atoms with Crippen molar-refractivity contribution in [3.8, 4) is 0 Å². The number of thiol groups is 1. The maximum absolute atomic E-state index is 6.24. The molecule has 0 unspecified atom stereocenters. The molecule has 106 valence electrons. The van der Waals surface area contributed by atoms with Crippen LogP contribution in [0.15, 0.2) is 24.3 Å². The van der Waals surface area contributed by atoms with Gasteiger partial charge in [0.2, 0.25) is 0 Å². The van der Waals surface area contributed by atoms with E-state index in [9.17, 15) is 0 Å². The van der Waals surface area contributed by atoms with Crippen molar-refractivity contribution >= 4 is 24.2 Å². The molecule has 0 saturated carbocycles. The molecule has 2 rings (SSSR count). The molecule has 1 heterocycles. The molecule has 0 amide bonds. The fourth-order valence-electron chi connectivity index (χ4n) is 2.57. The van der Waals surface area contributed by atoms with Crippen molar-refractivity contribution in [2.45, 2.75) is 19.4 Å².